The maximum absolute atomic E-state index is 13.4. The molecule has 0 unspecified atom stereocenters. The average molecular weight is 256 g/mol. The molecule has 1 aromatic carbocycles. The summed E-state index contributed by atoms with van der Waals surface area (Å²) < 4.78 is 15.6. The summed E-state index contributed by atoms with van der Waals surface area (Å²) in [4.78, 5) is 0. The van der Waals surface area contributed by atoms with E-state index in [1.807, 2.05) is 25.3 Å². The van der Waals surface area contributed by atoms with Gasteiger partial charge in [0.2, 0.25) is 5.69 Å². The van der Waals surface area contributed by atoms with Gasteiger partial charge in [-0.25, -0.2) is 4.39 Å². The van der Waals surface area contributed by atoms with Crippen molar-refractivity contribution in [2.75, 3.05) is 7.05 Å². The fourth-order valence-electron chi connectivity index (χ4n) is 2.63. The standard InChI is InChI=1S/C17H19FN/c1-5-8-13(18)11-12-16-17(2,3)14-9-6-7-10-15(14)19(16)4/h5-12H,1H2,2-4H3/q+1/b12-11-,13-8+. The molecule has 1 aliphatic heterocycles. The zero-order valence-electron chi connectivity index (χ0n) is 11.7. The highest BCUT2D eigenvalue weighted by molar-refractivity contribution is 6.03. The predicted molar refractivity (Wildman–Crippen MR) is 78.8 cm³/mol. The molecule has 19 heavy (non-hydrogen) atoms. The molecule has 98 valence electrons. The minimum atomic E-state index is -0.289. The van der Waals surface area contributed by atoms with Gasteiger partial charge in [0.05, 0.1) is 5.41 Å². The molecule has 0 radical (unpaired) electrons. The SMILES string of the molecule is C=C/C=C(F)\C=C/C1=[N+](C)c2ccccc2C1(C)C. The van der Waals surface area contributed by atoms with E-state index >= 15 is 0 Å². The van der Waals surface area contributed by atoms with E-state index in [1.54, 1.807) is 0 Å². The van der Waals surface area contributed by atoms with Gasteiger partial charge in [-0.3, -0.25) is 0 Å². The van der Waals surface area contributed by atoms with Crippen LogP contribution in [0.4, 0.5) is 10.1 Å². The van der Waals surface area contributed by atoms with E-state index in [1.165, 1.54) is 29.5 Å². The summed E-state index contributed by atoms with van der Waals surface area (Å²) in [6.07, 6.45) is 6.13. The molecule has 0 saturated carbocycles. The smallest absolute Gasteiger partial charge is 0.207 e. The minimum Gasteiger partial charge on any atom is -0.207 e. The molecule has 0 atom stereocenters. The fraction of sp³-hybridized carbons (Fsp3) is 0.235. The molecule has 2 heteroatoms. The third kappa shape index (κ3) is 2.30. The Morgan fingerprint density at radius 1 is 1.32 bits per heavy atom. The second kappa shape index (κ2) is 4.96. The molecule has 0 aliphatic carbocycles. The Morgan fingerprint density at radius 3 is 2.63 bits per heavy atom. The van der Waals surface area contributed by atoms with Crippen LogP contribution in [0.1, 0.15) is 19.4 Å². The van der Waals surface area contributed by atoms with E-state index in [4.69, 9.17) is 0 Å². The molecule has 0 amide bonds. The highest BCUT2D eigenvalue weighted by Gasteiger charge is 2.42. The number of hydrogen-bond acceptors (Lipinski definition) is 0. The molecule has 0 N–H and O–H groups in total. The Kier molecular flexibility index (Phi) is 3.52. The van der Waals surface area contributed by atoms with Gasteiger partial charge in [-0.05, 0) is 26.0 Å². The first-order chi connectivity index (χ1) is 8.98. The van der Waals surface area contributed by atoms with Crippen LogP contribution in [0, 0.1) is 0 Å². The van der Waals surface area contributed by atoms with Crippen LogP contribution in [0.5, 0.6) is 0 Å². The highest BCUT2D eigenvalue weighted by Crippen LogP contribution is 2.38. The Hall–Kier alpha value is -1.96. The van der Waals surface area contributed by atoms with E-state index in [0.717, 1.165) is 5.71 Å². The number of fused-ring (bicyclic) bond motifs is 1. The van der Waals surface area contributed by atoms with E-state index in [2.05, 4.69) is 37.1 Å². The first-order valence-corrected chi connectivity index (χ1v) is 6.35. The van der Waals surface area contributed by atoms with Crippen molar-refractivity contribution in [3.8, 4) is 0 Å². The summed E-state index contributed by atoms with van der Waals surface area (Å²) in [5, 5.41) is 0. The van der Waals surface area contributed by atoms with Gasteiger partial charge in [0, 0.05) is 17.7 Å². The number of halogens is 1. The highest BCUT2D eigenvalue weighted by atomic mass is 19.1. The number of para-hydroxylation sites is 1. The predicted octanol–water partition coefficient (Wildman–Crippen LogP) is 4.29. The van der Waals surface area contributed by atoms with Crippen LogP contribution in [-0.2, 0) is 5.41 Å². The van der Waals surface area contributed by atoms with Gasteiger partial charge in [-0.2, -0.15) is 4.58 Å². The lowest BCUT2D eigenvalue weighted by atomic mass is 9.81. The van der Waals surface area contributed by atoms with Crippen LogP contribution in [0.25, 0.3) is 0 Å². The summed E-state index contributed by atoms with van der Waals surface area (Å²) >= 11 is 0. The Bertz CT molecular complexity index is 603. The summed E-state index contributed by atoms with van der Waals surface area (Å²) in [5.74, 6) is -0.289. The zero-order chi connectivity index (χ0) is 14.0. The normalized spacial score (nSPS) is 18.0. The average Bonchev–Trinajstić information content (AvgIpc) is 2.57. The summed E-state index contributed by atoms with van der Waals surface area (Å²) in [6.45, 7) is 7.80. The lowest BCUT2D eigenvalue weighted by Crippen LogP contribution is -2.26. The van der Waals surface area contributed by atoms with Crippen molar-refractivity contribution in [2.24, 2.45) is 0 Å². The van der Waals surface area contributed by atoms with Crippen LogP contribution < -0.4 is 0 Å². The number of nitrogens with zero attached hydrogens (tertiary/aromatic N) is 1. The molecule has 0 spiro atoms. The van der Waals surface area contributed by atoms with Crippen LogP contribution >= 0.6 is 0 Å². The van der Waals surface area contributed by atoms with E-state index in [0.29, 0.717) is 0 Å². The second-order valence-corrected chi connectivity index (χ2v) is 5.21. The summed E-state index contributed by atoms with van der Waals surface area (Å²) in [5.41, 5.74) is 3.42. The summed E-state index contributed by atoms with van der Waals surface area (Å²) in [7, 11) is 2.02. The Labute approximate surface area is 114 Å². The third-order valence-electron chi connectivity index (χ3n) is 3.62. The molecule has 1 heterocycles. The van der Waals surface area contributed by atoms with Crippen molar-refractivity contribution in [1.82, 2.24) is 0 Å². The monoisotopic (exact) mass is 256 g/mol. The van der Waals surface area contributed by atoms with E-state index in [9.17, 15) is 4.39 Å². The van der Waals surface area contributed by atoms with Crippen molar-refractivity contribution < 1.29 is 8.97 Å². The third-order valence-corrected chi connectivity index (χ3v) is 3.62. The maximum atomic E-state index is 13.4. The largest absolute Gasteiger partial charge is 0.209 e. The number of rotatable bonds is 3. The lowest BCUT2D eigenvalue weighted by Gasteiger charge is -2.14. The molecular formula is C17H19FN+. The van der Waals surface area contributed by atoms with Crippen molar-refractivity contribution in [2.45, 2.75) is 19.3 Å². The van der Waals surface area contributed by atoms with Crippen molar-refractivity contribution in [3.05, 3.63) is 66.5 Å². The molecule has 1 aliphatic rings. The number of benzene rings is 1. The van der Waals surface area contributed by atoms with Gasteiger partial charge in [0.1, 0.15) is 12.9 Å². The van der Waals surface area contributed by atoms with Crippen molar-refractivity contribution in [1.29, 1.82) is 0 Å². The van der Waals surface area contributed by atoms with Crippen LogP contribution in [0.3, 0.4) is 0 Å². The van der Waals surface area contributed by atoms with Gasteiger partial charge in [-0.15, -0.1) is 0 Å². The first-order valence-electron chi connectivity index (χ1n) is 6.35. The molecule has 0 fully saturated rings. The lowest BCUT2D eigenvalue weighted by molar-refractivity contribution is -0.401. The minimum absolute atomic E-state index is 0.115. The number of hydrogen-bond donors (Lipinski definition) is 0. The summed E-state index contributed by atoms with van der Waals surface area (Å²) in [6, 6.07) is 8.28. The Morgan fingerprint density at radius 2 is 2.00 bits per heavy atom. The van der Waals surface area contributed by atoms with Crippen LogP contribution in [0.15, 0.2) is 61.0 Å². The van der Waals surface area contributed by atoms with Crippen molar-refractivity contribution in [3.63, 3.8) is 0 Å². The first kappa shape index (κ1) is 13.5. The maximum Gasteiger partial charge on any atom is 0.209 e. The van der Waals surface area contributed by atoms with Gasteiger partial charge < -0.3 is 0 Å². The fourth-order valence-corrected chi connectivity index (χ4v) is 2.63. The van der Waals surface area contributed by atoms with E-state index < -0.39 is 0 Å². The molecule has 0 aromatic heterocycles. The zero-order valence-corrected chi connectivity index (χ0v) is 11.7. The van der Waals surface area contributed by atoms with Crippen molar-refractivity contribution >= 4 is 11.4 Å². The topological polar surface area (TPSA) is 3.01 Å². The Balaban J connectivity index is 2.46. The van der Waals surface area contributed by atoms with Gasteiger partial charge in [0.15, 0.2) is 5.71 Å². The molecule has 1 nitrogen and oxygen atoms in total. The van der Waals surface area contributed by atoms with Gasteiger partial charge in [0.25, 0.3) is 0 Å². The van der Waals surface area contributed by atoms with Gasteiger partial charge >= 0.3 is 0 Å². The molecular weight excluding hydrogens is 237 g/mol. The number of allylic oxidation sites excluding steroid dienone is 5. The van der Waals surface area contributed by atoms with E-state index in [-0.39, 0.29) is 11.2 Å². The molecule has 0 bridgehead atoms. The van der Waals surface area contributed by atoms with Gasteiger partial charge in [-0.1, -0.05) is 30.9 Å². The molecule has 1 aromatic rings. The second-order valence-electron chi connectivity index (χ2n) is 5.21. The molecule has 0 saturated heterocycles. The van der Waals surface area contributed by atoms with Crippen LogP contribution in [0.2, 0.25) is 0 Å². The van der Waals surface area contributed by atoms with Crippen LogP contribution in [-0.4, -0.2) is 17.3 Å². The quantitative estimate of drug-likeness (QED) is 0.560. The molecule has 2 rings (SSSR count).